The molecule has 4 rings (SSSR count). The number of hydrogen-bond acceptors (Lipinski definition) is 5. The van der Waals surface area contributed by atoms with Gasteiger partial charge >= 0.3 is 0 Å². The first-order valence-corrected chi connectivity index (χ1v) is 8.34. The fourth-order valence-corrected chi connectivity index (χ4v) is 3.25. The van der Waals surface area contributed by atoms with Crippen molar-refractivity contribution in [2.24, 2.45) is 7.05 Å². The molecule has 0 fully saturated rings. The van der Waals surface area contributed by atoms with Gasteiger partial charge in [0.2, 0.25) is 0 Å². The normalized spacial score (nSPS) is 13.5. The molecule has 26 heavy (non-hydrogen) atoms. The van der Waals surface area contributed by atoms with Gasteiger partial charge < -0.3 is 14.2 Å². The van der Waals surface area contributed by atoms with Gasteiger partial charge in [0.1, 0.15) is 5.75 Å². The molecule has 0 radical (unpaired) electrons. The third-order valence-electron chi connectivity index (χ3n) is 4.67. The van der Waals surface area contributed by atoms with Crippen LogP contribution in [-0.4, -0.2) is 39.0 Å². The van der Waals surface area contributed by atoms with Crippen LogP contribution in [0.3, 0.4) is 0 Å². The molecule has 0 spiro atoms. The number of pyridine rings is 3. The van der Waals surface area contributed by atoms with Crippen LogP contribution in [0.1, 0.15) is 21.6 Å². The standard InChI is InChI=1S/C19H18N4O3/c1-22-11-14(16(26-2)9-17(22)24)19(25)23-7-5-15-13(10-23)8-12-4-3-6-20-18(12)21-15/h3-4,6,8-9,11H,5,7,10H2,1-2H3. The number of aromatic nitrogens is 3. The molecule has 0 atom stereocenters. The summed E-state index contributed by atoms with van der Waals surface area (Å²) < 4.78 is 6.62. The van der Waals surface area contributed by atoms with Crippen LogP contribution in [0.15, 0.2) is 41.5 Å². The Balaban J connectivity index is 1.68. The summed E-state index contributed by atoms with van der Waals surface area (Å²) in [6.07, 6.45) is 3.93. The number of carbonyl (C=O) groups excluding carboxylic acids is 1. The van der Waals surface area contributed by atoms with E-state index in [4.69, 9.17) is 4.74 Å². The first-order valence-electron chi connectivity index (χ1n) is 8.34. The fourth-order valence-electron chi connectivity index (χ4n) is 3.25. The average Bonchev–Trinajstić information content (AvgIpc) is 2.67. The number of nitrogens with zero attached hydrogens (tertiary/aromatic N) is 4. The van der Waals surface area contributed by atoms with Crippen molar-refractivity contribution in [1.29, 1.82) is 0 Å². The van der Waals surface area contributed by atoms with Crippen LogP contribution in [0.4, 0.5) is 0 Å². The smallest absolute Gasteiger partial charge is 0.259 e. The summed E-state index contributed by atoms with van der Waals surface area (Å²) in [5.41, 5.74) is 2.89. The summed E-state index contributed by atoms with van der Waals surface area (Å²) >= 11 is 0. The summed E-state index contributed by atoms with van der Waals surface area (Å²) in [5, 5.41) is 0.959. The number of methoxy groups -OCH3 is 1. The Kier molecular flexibility index (Phi) is 3.91. The van der Waals surface area contributed by atoms with Gasteiger partial charge in [-0.3, -0.25) is 9.59 Å². The highest BCUT2D eigenvalue weighted by Crippen LogP contribution is 2.24. The second-order valence-corrected chi connectivity index (χ2v) is 6.33. The number of rotatable bonds is 2. The molecule has 0 saturated heterocycles. The first kappa shape index (κ1) is 16.3. The molecule has 3 aromatic heterocycles. The Morgan fingerprint density at radius 2 is 2.15 bits per heavy atom. The Morgan fingerprint density at radius 1 is 1.31 bits per heavy atom. The van der Waals surface area contributed by atoms with Crippen LogP contribution in [0, 0.1) is 0 Å². The van der Waals surface area contributed by atoms with Crippen LogP contribution < -0.4 is 10.3 Å². The van der Waals surface area contributed by atoms with E-state index >= 15 is 0 Å². The summed E-state index contributed by atoms with van der Waals surface area (Å²) in [5.74, 6) is 0.138. The van der Waals surface area contributed by atoms with Crippen LogP contribution in [0.5, 0.6) is 5.75 Å². The first-order chi connectivity index (χ1) is 12.6. The minimum Gasteiger partial charge on any atom is -0.496 e. The maximum atomic E-state index is 13.0. The van der Waals surface area contributed by atoms with E-state index in [1.54, 1.807) is 18.1 Å². The fraction of sp³-hybridized carbons (Fsp3) is 0.263. The van der Waals surface area contributed by atoms with Crippen molar-refractivity contribution in [3.05, 3.63) is 63.8 Å². The lowest BCUT2D eigenvalue weighted by Gasteiger charge is -2.29. The number of aryl methyl sites for hydroxylation is 1. The molecule has 4 heterocycles. The molecule has 0 N–H and O–H groups in total. The average molecular weight is 350 g/mol. The SMILES string of the molecule is COc1cc(=O)n(C)cc1C(=O)N1CCc2nc3ncccc3cc2C1. The van der Waals surface area contributed by atoms with Gasteiger partial charge in [-0.2, -0.15) is 0 Å². The molecule has 0 aliphatic carbocycles. The highest BCUT2D eigenvalue weighted by molar-refractivity contribution is 5.96. The van der Waals surface area contributed by atoms with Gasteiger partial charge in [-0.15, -0.1) is 0 Å². The second kappa shape index (κ2) is 6.25. The predicted molar refractivity (Wildman–Crippen MR) is 96.2 cm³/mol. The summed E-state index contributed by atoms with van der Waals surface area (Å²) in [6.45, 7) is 1.03. The number of carbonyl (C=O) groups is 1. The lowest BCUT2D eigenvalue weighted by molar-refractivity contribution is 0.0729. The van der Waals surface area contributed by atoms with Crippen molar-refractivity contribution in [1.82, 2.24) is 19.4 Å². The Labute approximate surface area is 149 Å². The van der Waals surface area contributed by atoms with Crippen LogP contribution in [0.25, 0.3) is 11.0 Å². The zero-order valence-electron chi connectivity index (χ0n) is 14.6. The molecule has 0 aromatic carbocycles. The zero-order valence-corrected chi connectivity index (χ0v) is 14.6. The number of fused-ring (bicyclic) bond motifs is 2. The van der Waals surface area contributed by atoms with E-state index in [0.717, 1.165) is 22.3 Å². The van der Waals surface area contributed by atoms with Gasteiger partial charge in [-0.25, -0.2) is 9.97 Å². The van der Waals surface area contributed by atoms with E-state index in [2.05, 4.69) is 9.97 Å². The van der Waals surface area contributed by atoms with Gasteiger partial charge in [-0.05, 0) is 23.8 Å². The number of amides is 1. The quantitative estimate of drug-likeness (QED) is 0.701. The zero-order chi connectivity index (χ0) is 18.3. The van der Waals surface area contributed by atoms with Gasteiger partial charge in [0, 0.05) is 56.1 Å². The largest absolute Gasteiger partial charge is 0.496 e. The molecule has 7 nitrogen and oxygen atoms in total. The van der Waals surface area contributed by atoms with Gasteiger partial charge in [0.25, 0.3) is 11.5 Å². The van der Waals surface area contributed by atoms with Gasteiger partial charge in [-0.1, -0.05) is 0 Å². The minimum atomic E-state index is -0.217. The number of ether oxygens (including phenoxy) is 1. The topological polar surface area (TPSA) is 77.3 Å². The van der Waals surface area contributed by atoms with E-state index in [0.29, 0.717) is 30.8 Å². The van der Waals surface area contributed by atoms with E-state index in [1.807, 2.05) is 18.2 Å². The molecule has 3 aromatic rings. The van der Waals surface area contributed by atoms with E-state index in [-0.39, 0.29) is 11.5 Å². The maximum Gasteiger partial charge on any atom is 0.259 e. The molecule has 1 amide bonds. The lowest BCUT2D eigenvalue weighted by Crippen LogP contribution is -2.37. The molecule has 1 aliphatic rings. The van der Waals surface area contributed by atoms with E-state index in [9.17, 15) is 9.59 Å². The van der Waals surface area contributed by atoms with E-state index < -0.39 is 0 Å². The van der Waals surface area contributed by atoms with Crippen LogP contribution in [-0.2, 0) is 20.0 Å². The highest BCUT2D eigenvalue weighted by atomic mass is 16.5. The van der Waals surface area contributed by atoms with Crippen molar-refractivity contribution in [3.8, 4) is 5.75 Å². The van der Waals surface area contributed by atoms with Gasteiger partial charge in [0.15, 0.2) is 5.65 Å². The highest BCUT2D eigenvalue weighted by Gasteiger charge is 2.26. The summed E-state index contributed by atoms with van der Waals surface area (Å²) in [6, 6.07) is 7.22. The van der Waals surface area contributed by atoms with Crippen LogP contribution >= 0.6 is 0 Å². The van der Waals surface area contributed by atoms with Crippen LogP contribution in [0.2, 0.25) is 0 Å². The molecular weight excluding hydrogens is 332 g/mol. The van der Waals surface area contributed by atoms with Crippen molar-refractivity contribution >= 4 is 16.9 Å². The minimum absolute atomic E-state index is 0.158. The lowest BCUT2D eigenvalue weighted by atomic mass is 10.0. The predicted octanol–water partition coefficient (Wildman–Crippen LogP) is 1.54. The monoisotopic (exact) mass is 350 g/mol. The molecule has 1 aliphatic heterocycles. The Bertz CT molecular complexity index is 1070. The molecule has 7 heteroatoms. The molecular formula is C19H18N4O3. The van der Waals surface area contributed by atoms with Gasteiger partial charge in [0.05, 0.1) is 12.7 Å². The van der Waals surface area contributed by atoms with Crippen molar-refractivity contribution < 1.29 is 9.53 Å². The summed E-state index contributed by atoms with van der Waals surface area (Å²) in [7, 11) is 3.08. The number of hydrogen-bond donors (Lipinski definition) is 0. The molecule has 132 valence electrons. The third-order valence-corrected chi connectivity index (χ3v) is 4.67. The van der Waals surface area contributed by atoms with Crippen molar-refractivity contribution in [2.45, 2.75) is 13.0 Å². The Morgan fingerprint density at radius 3 is 2.96 bits per heavy atom. The molecule has 0 bridgehead atoms. The van der Waals surface area contributed by atoms with Crippen molar-refractivity contribution in [3.63, 3.8) is 0 Å². The van der Waals surface area contributed by atoms with E-state index in [1.165, 1.54) is 23.9 Å². The summed E-state index contributed by atoms with van der Waals surface area (Å²) in [4.78, 5) is 35.5. The third kappa shape index (κ3) is 2.71. The Hall–Kier alpha value is -3.22. The molecule has 0 saturated carbocycles. The second-order valence-electron chi connectivity index (χ2n) is 6.33. The maximum absolute atomic E-state index is 13.0. The van der Waals surface area contributed by atoms with Crippen molar-refractivity contribution in [2.75, 3.05) is 13.7 Å². The molecule has 0 unspecified atom stereocenters.